The number of H-pyrrole nitrogens is 1. The van der Waals surface area contributed by atoms with Crippen LogP contribution in [0.3, 0.4) is 0 Å². The number of hydrogen-bond acceptors (Lipinski definition) is 33. The summed E-state index contributed by atoms with van der Waals surface area (Å²) < 4.78 is 211. The highest BCUT2D eigenvalue weighted by molar-refractivity contribution is 7.46. The maximum Gasteiger partial charge on any atom is 0.469 e. The summed E-state index contributed by atoms with van der Waals surface area (Å²) in [5.74, 6) is -6.99. The number of anilines is 1. The van der Waals surface area contributed by atoms with Crippen LogP contribution in [0.4, 0.5) is 58.5 Å². The Bertz CT molecular complexity index is 4510. The van der Waals surface area contributed by atoms with E-state index in [4.69, 9.17) is 88.2 Å². The number of alkyl halides is 11. The maximum atomic E-state index is 14.6. The van der Waals surface area contributed by atoms with Crippen LogP contribution in [0.15, 0.2) is 136 Å². The average Bonchev–Trinajstić information content (AvgIpc) is 1.65. The number of hydrogen-bond donors (Lipinski definition) is 19. The lowest BCUT2D eigenvalue weighted by Crippen LogP contribution is -2.47. The molecule has 2 aromatic rings. The smallest absolute Gasteiger partial charge is 0.393 e. The third-order valence-corrected chi connectivity index (χ3v) is 21.7. The number of aromatic nitrogens is 4. The number of phosphoric acid groups is 1. The number of halogens is 14. The van der Waals surface area contributed by atoms with Gasteiger partial charge in [0.15, 0.2) is 103 Å². The highest BCUT2D eigenvalue weighted by Gasteiger charge is 2.63. The van der Waals surface area contributed by atoms with Crippen LogP contribution in [0, 0.1) is 11.7 Å². The molecule has 12 heterocycles. The third kappa shape index (κ3) is 22.5. The number of rotatable bonds is 22. The van der Waals surface area contributed by atoms with Crippen molar-refractivity contribution >= 4 is 60.4 Å². The number of aliphatic imine (C=N–C) groups is 1. The van der Waals surface area contributed by atoms with Crippen LogP contribution in [0.5, 0.6) is 0 Å². The number of carbonyl (C=O) groups is 3. The number of phosphoric ester groups is 1. The fourth-order valence-corrected chi connectivity index (χ4v) is 13.9. The molecule has 126 heavy (non-hydrogen) atoms. The zero-order valence-electron chi connectivity index (χ0n) is 64.7. The van der Waals surface area contributed by atoms with Crippen molar-refractivity contribution in [3.05, 3.63) is 154 Å². The molecule has 56 heteroatoms. The third-order valence-electron chi connectivity index (χ3n) is 20.3. The van der Waals surface area contributed by atoms with Crippen molar-refractivity contribution in [2.75, 3.05) is 77.2 Å². The second-order valence-corrected chi connectivity index (χ2v) is 30.8. The Balaban J connectivity index is 0.000000268. The van der Waals surface area contributed by atoms with Crippen LogP contribution in [0.2, 0.25) is 0 Å². The molecule has 712 valence electrons. The van der Waals surface area contributed by atoms with Crippen LogP contribution in [0.1, 0.15) is 54.0 Å². The Hall–Kier alpha value is -8.47. The van der Waals surface area contributed by atoms with E-state index in [1.54, 1.807) is 0 Å². The Morgan fingerprint density at radius 3 is 1.30 bits per heavy atom. The van der Waals surface area contributed by atoms with Gasteiger partial charge in [0.1, 0.15) is 103 Å². The van der Waals surface area contributed by atoms with Gasteiger partial charge in [0.25, 0.3) is 23.3 Å². The van der Waals surface area contributed by atoms with E-state index in [0.29, 0.717) is 46.5 Å². The first-order chi connectivity index (χ1) is 57.9. The van der Waals surface area contributed by atoms with Gasteiger partial charge >= 0.3 is 19.2 Å². The zero-order valence-corrected chi connectivity index (χ0v) is 67.1. The molecule has 12 rings (SSSR count). The average molecular weight is 1900 g/mol. The molecule has 6 fully saturated rings. The van der Waals surface area contributed by atoms with Gasteiger partial charge in [-0.15, -0.1) is 23.2 Å². The number of aliphatic hydroxyl groups excluding tert-OH is 11. The molecule has 0 aliphatic carbocycles. The highest BCUT2D eigenvalue weighted by Crippen LogP contribution is 2.47. The molecular formula is C70H97Cl2F12N14O27P. The summed E-state index contributed by atoms with van der Waals surface area (Å²) in [6, 6.07) is 0.941. The Labute approximate surface area is 716 Å². The number of nitrogens with two attached hydrogens (primary N) is 2. The van der Waals surface area contributed by atoms with Crippen molar-refractivity contribution in [3.63, 3.8) is 0 Å². The Kier molecular flexibility index (Phi) is 37.5. The van der Waals surface area contributed by atoms with Crippen molar-refractivity contribution < 1.29 is 171 Å². The summed E-state index contributed by atoms with van der Waals surface area (Å²) in [6.07, 6.45) is -22.7. The van der Waals surface area contributed by atoms with Gasteiger partial charge in [0, 0.05) is 43.1 Å². The monoisotopic (exact) mass is 1890 g/mol. The van der Waals surface area contributed by atoms with Gasteiger partial charge in [0.05, 0.1) is 57.6 Å². The van der Waals surface area contributed by atoms with Gasteiger partial charge in [-0.1, -0.05) is 55.0 Å². The fourth-order valence-electron chi connectivity index (χ4n) is 12.9. The zero-order chi connectivity index (χ0) is 93.3. The number of amidine groups is 1. The largest absolute Gasteiger partial charge is 0.469 e. The van der Waals surface area contributed by atoms with E-state index >= 15 is 0 Å². The summed E-state index contributed by atoms with van der Waals surface area (Å²) in [5, 5.41) is 112. The number of amides is 3. The van der Waals surface area contributed by atoms with Crippen molar-refractivity contribution in [2.45, 2.75) is 186 Å². The minimum atomic E-state index is -4.92. The van der Waals surface area contributed by atoms with Gasteiger partial charge in [0.2, 0.25) is 11.7 Å². The first kappa shape index (κ1) is 108. The molecular weight excluding hydrogens is 1800 g/mol. The maximum absolute atomic E-state index is 14.6. The van der Waals surface area contributed by atoms with E-state index in [2.05, 4.69) is 51.4 Å². The number of ether oxygens (including phenoxy) is 6. The van der Waals surface area contributed by atoms with E-state index in [1.165, 1.54) is 23.4 Å². The molecule has 2 aromatic heterocycles. The molecule has 24 atom stereocenters. The summed E-state index contributed by atoms with van der Waals surface area (Å²) >= 11 is 11.2. The second kappa shape index (κ2) is 43.8. The Morgan fingerprint density at radius 2 is 0.913 bits per heavy atom. The highest BCUT2D eigenvalue weighted by atomic mass is 35.5. The summed E-state index contributed by atoms with van der Waals surface area (Å²) in [6.45, 7) is 9.22. The first-order valence-electron chi connectivity index (χ1n) is 36.1. The van der Waals surface area contributed by atoms with Crippen LogP contribution < -0.4 is 44.4 Å². The standard InChI is InChI=1S/C15H24FN3O3.C11H13ClF2N2O4.C11H13F3N2O4.C11H14F2N2O4.C10H13ClFN2O8P.C10H12F3N3O4.2CH4/c1-9(2)4-6-15(8-20)13(21)12(16)14(22-15)19-7-5-11(17)18-10(19)3;2*1-5-15-9(19)6(13)2-16(5)10-7(14)8(18)11(3-12,4-17)20-10;1-6-14-7(17)2-3-15(6)10-8(13)9(18)11(4-12,5-16)19-10;11-3-10(4-21-23(18,19)20)7(16)6(12)8(22-10)14-2-1-5(15)13-9(14)17;11-2-10(3-17)6(18)5(13)8(20-10)16-1-4(12)7(14)15-9(16)19;;/h5,7,9,12-14,20-21H,3-4,6,8H2,1-2H3,(H2,17,18);2*2,7-8,10,17-18H,1,3-4H2,(H,15,19);2-3,8-10,16,18H,1,4-5H2,(H,14,17);1-2,6-8,16H,3-4H2,(H,13,15,17)(H2,18,19,20);1,5-6,8,17-18H,2-3H2,(H2,14,15,19);2*1H4/t12-,13+,14-,15-;2*7-,8+,10-,11-;8-,9+,10-,11-;6-,7+,8-,10-;5-,6+,8-,10-;;/m111111../s1. The summed E-state index contributed by atoms with van der Waals surface area (Å²) in [7, 11) is -4.92. The van der Waals surface area contributed by atoms with Gasteiger partial charge < -0.3 is 141 Å². The van der Waals surface area contributed by atoms with E-state index in [-0.39, 0.29) is 49.9 Å². The van der Waals surface area contributed by atoms with Crippen molar-refractivity contribution in [1.82, 2.24) is 54.7 Å². The number of nitrogens with one attached hydrogen (secondary N) is 4. The van der Waals surface area contributed by atoms with E-state index in [0.717, 1.165) is 33.0 Å². The minimum absolute atomic E-state index is 0. The number of aromatic amines is 1. The predicted octanol–water partition coefficient (Wildman–Crippen LogP) is -1.78. The summed E-state index contributed by atoms with van der Waals surface area (Å²) in [4.78, 5) is 98.0. The lowest BCUT2D eigenvalue weighted by Gasteiger charge is -2.33. The molecule has 6 saturated heterocycles. The molecule has 0 unspecified atom stereocenters. The van der Waals surface area contributed by atoms with Gasteiger partial charge in [-0.25, -0.2) is 63.1 Å². The van der Waals surface area contributed by atoms with Crippen LogP contribution >= 0.6 is 31.0 Å². The molecule has 0 bridgehead atoms. The SMILES string of the molecule is C.C.C=C1N=C(N)C=CN1[C@@H]1O[C@@](CO)(CCC(C)C)[C@@H](O)[C@H]1F.C=C1NC(=O)C(F)=CN1[C@@H]1O[C@@](CO)(CCl)[C@@H](O)[C@H]1F.C=C1NC(=O)C(F)=CN1[C@@H]1O[C@@](CO)(CF)[C@@H](O)[C@H]1F.C=C1NC(=O)C=CN1[C@@H]1O[C@@](CO)(CF)[C@@H](O)[C@H]1F.Nc1nc(=O)n([C@@H]2O[C@@](CO)(CF)[C@@H](O)[C@H]2F)cc1F.O=c1ccn([C@@H]2O[C@](CCl)(COP(=O)(O)O)[C@@H](O)[C@H]2F)c(=O)[nH]1. The Morgan fingerprint density at radius 1 is 0.548 bits per heavy atom. The quantitative estimate of drug-likeness (QED) is 0.0352. The molecule has 10 aliphatic heterocycles. The first-order valence-corrected chi connectivity index (χ1v) is 38.7. The number of nitrogens with zero attached hydrogens (tertiary/aromatic N) is 8. The van der Waals surface area contributed by atoms with Crippen molar-refractivity contribution in [3.8, 4) is 0 Å². The number of aliphatic hydroxyl groups is 11. The van der Waals surface area contributed by atoms with E-state index in [9.17, 15) is 127 Å². The predicted molar refractivity (Wildman–Crippen MR) is 413 cm³/mol. The van der Waals surface area contributed by atoms with Crippen LogP contribution in [-0.2, 0) is 51.9 Å². The molecule has 0 aromatic carbocycles. The van der Waals surface area contributed by atoms with Gasteiger partial charge in [-0.2, -0.15) is 13.8 Å². The summed E-state index contributed by atoms with van der Waals surface area (Å²) in [5.41, 5.74) is -3.52. The lowest BCUT2D eigenvalue weighted by atomic mass is 9.89. The lowest BCUT2D eigenvalue weighted by molar-refractivity contribution is -0.145. The fraction of sp³-hybridized carbons (Fsp3) is 0.600. The van der Waals surface area contributed by atoms with Gasteiger partial charge in [-0.05, 0) is 24.8 Å². The molecule has 0 spiro atoms. The molecule has 0 radical (unpaired) electrons. The minimum Gasteiger partial charge on any atom is -0.393 e. The normalized spacial score (nSPS) is 35.1. The molecule has 3 amide bonds. The van der Waals surface area contributed by atoms with Gasteiger partial charge in [-0.3, -0.25) is 37.8 Å². The molecule has 41 nitrogen and oxygen atoms in total. The van der Waals surface area contributed by atoms with Crippen molar-refractivity contribution in [1.29, 1.82) is 0 Å². The van der Waals surface area contributed by atoms with E-state index < -0.39 is 276 Å². The molecule has 10 aliphatic rings. The molecule has 21 N–H and O–H groups in total. The van der Waals surface area contributed by atoms with Crippen LogP contribution in [0.25, 0.3) is 0 Å². The number of carbonyl (C=O) groups excluding carboxylic acids is 3. The van der Waals surface area contributed by atoms with E-state index in [1.807, 2.05) is 24.1 Å². The topological polar surface area (TPSA) is 599 Å². The van der Waals surface area contributed by atoms with Crippen molar-refractivity contribution in [2.24, 2.45) is 16.6 Å². The van der Waals surface area contributed by atoms with Crippen LogP contribution in [-0.4, -0.2) is 332 Å². The number of nitrogen functional groups attached to an aromatic ring is 1. The second-order valence-electron chi connectivity index (χ2n) is 29.0. The molecule has 0 saturated carbocycles.